The number of rotatable bonds is 4. The zero-order chi connectivity index (χ0) is 19.8. The van der Waals surface area contributed by atoms with Crippen LogP contribution in [0.15, 0.2) is 33.3 Å². The van der Waals surface area contributed by atoms with Crippen molar-refractivity contribution in [3.8, 4) is 11.3 Å². The molecule has 146 valence electrons. The van der Waals surface area contributed by atoms with Gasteiger partial charge in [-0.1, -0.05) is 47.0 Å². The average molecular weight is 400 g/mol. The molecule has 3 heterocycles. The van der Waals surface area contributed by atoms with E-state index in [0.717, 1.165) is 36.3 Å². The fourth-order valence-corrected chi connectivity index (χ4v) is 4.25. The molecule has 1 aromatic carbocycles. The molecule has 0 saturated carbocycles. The number of aromatic nitrogens is 2. The number of hydrogen-bond acceptors (Lipinski definition) is 5. The van der Waals surface area contributed by atoms with E-state index in [0.29, 0.717) is 34.1 Å². The van der Waals surface area contributed by atoms with Gasteiger partial charge in [-0.15, -0.1) is 0 Å². The van der Waals surface area contributed by atoms with Gasteiger partial charge in [-0.05, 0) is 32.8 Å². The first-order valence-corrected chi connectivity index (χ1v) is 9.87. The minimum atomic E-state index is -0.0983. The number of carbonyl (C=O) groups excluding carboxylic acids is 1. The summed E-state index contributed by atoms with van der Waals surface area (Å²) in [6, 6.07) is 7.28. The molecule has 1 aliphatic rings. The van der Waals surface area contributed by atoms with Crippen LogP contribution in [0.2, 0.25) is 5.02 Å². The van der Waals surface area contributed by atoms with Crippen molar-refractivity contribution in [1.82, 2.24) is 15.2 Å². The van der Waals surface area contributed by atoms with Crippen molar-refractivity contribution in [2.24, 2.45) is 0 Å². The Morgan fingerprint density at radius 3 is 2.79 bits per heavy atom. The zero-order valence-electron chi connectivity index (χ0n) is 16.2. The second kappa shape index (κ2) is 7.43. The summed E-state index contributed by atoms with van der Waals surface area (Å²) in [5, 5.41) is 8.80. The van der Waals surface area contributed by atoms with Gasteiger partial charge >= 0.3 is 0 Å². The zero-order valence-corrected chi connectivity index (χ0v) is 16.9. The molecule has 0 N–H and O–H groups in total. The van der Waals surface area contributed by atoms with Crippen molar-refractivity contribution in [1.29, 1.82) is 0 Å². The second-order valence-electron chi connectivity index (χ2n) is 7.06. The molecule has 1 unspecified atom stereocenters. The quantitative estimate of drug-likeness (QED) is 0.607. The fraction of sp³-hybridized carbons (Fsp3) is 0.381. The van der Waals surface area contributed by atoms with E-state index in [1.807, 2.05) is 36.9 Å². The van der Waals surface area contributed by atoms with Crippen LogP contribution in [0.25, 0.3) is 11.3 Å². The molecule has 4 rings (SSSR count). The number of halogens is 1. The Bertz CT molecular complexity index is 1020. The molecule has 0 spiro atoms. The average Bonchev–Trinajstić information content (AvgIpc) is 3.39. The van der Waals surface area contributed by atoms with Crippen LogP contribution in [-0.4, -0.2) is 27.7 Å². The van der Waals surface area contributed by atoms with E-state index < -0.39 is 0 Å². The number of carbonyl (C=O) groups is 1. The topological polar surface area (TPSA) is 72.4 Å². The molecule has 1 atom stereocenters. The predicted molar refractivity (Wildman–Crippen MR) is 105 cm³/mol. The molecule has 3 aromatic rings. The standard InChI is InChI=1S/C21H22ClN3O3/c1-4-17-18(12(2)23-28-17)16-10-7-11-25(16)21(26)19-13(3)27-24-20(19)14-8-5-6-9-15(14)22/h5-6,8-9,16H,4,7,10-11H2,1-3H3. The lowest BCUT2D eigenvalue weighted by molar-refractivity contribution is 0.0733. The van der Waals surface area contributed by atoms with Gasteiger partial charge in [0.25, 0.3) is 5.91 Å². The minimum absolute atomic E-state index is 0.0536. The van der Waals surface area contributed by atoms with E-state index in [1.54, 1.807) is 13.0 Å². The Morgan fingerprint density at radius 2 is 2.04 bits per heavy atom. The Kier molecular flexibility index (Phi) is 4.98. The highest BCUT2D eigenvalue weighted by Crippen LogP contribution is 2.39. The highest BCUT2D eigenvalue weighted by atomic mass is 35.5. The van der Waals surface area contributed by atoms with E-state index in [-0.39, 0.29) is 11.9 Å². The van der Waals surface area contributed by atoms with E-state index in [4.69, 9.17) is 20.6 Å². The summed E-state index contributed by atoms with van der Waals surface area (Å²) < 4.78 is 10.9. The molecule has 0 aliphatic carbocycles. The smallest absolute Gasteiger partial charge is 0.260 e. The summed E-state index contributed by atoms with van der Waals surface area (Å²) in [6.07, 6.45) is 2.55. The third-order valence-corrected chi connectivity index (χ3v) is 5.69. The monoisotopic (exact) mass is 399 g/mol. The van der Waals surface area contributed by atoms with E-state index >= 15 is 0 Å². The first kappa shape index (κ1) is 18.7. The number of likely N-dealkylation sites (tertiary alicyclic amines) is 1. The third-order valence-electron chi connectivity index (χ3n) is 5.36. The first-order valence-electron chi connectivity index (χ1n) is 9.50. The molecule has 2 aromatic heterocycles. The van der Waals surface area contributed by atoms with Gasteiger partial charge in [-0.3, -0.25) is 4.79 Å². The van der Waals surface area contributed by atoms with E-state index in [2.05, 4.69) is 10.3 Å². The molecule has 28 heavy (non-hydrogen) atoms. The molecule has 1 saturated heterocycles. The maximum absolute atomic E-state index is 13.6. The highest BCUT2D eigenvalue weighted by molar-refractivity contribution is 6.33. The van der Waals surface area contributed by atoms with Crippen LogP contribution >= 0.6 is 11.6 Å². The lowest BCUT2D eigenvalue weighted by Crippen LogP contribution is -2.31. The summed E-state index contributed by atoms with van der Waals surface area (Å²) in [5.74, 6) is 1.23. The minimum Gasteiger partial charge on any atom is -0.361 e. The molecular formula is C21H22ClN3O3. The van der Waals surface area contributed by atoms with Crippen LogP contribution < -0.4 is 0 Å². The molecule has 7 heteroatoms. The number of nitrogens with zero attached hydrogens (tertiary/aromatic N) is 3. The third kappa shape index (κ3) is 3.02. The Hall–Kier alpha value is -2.60. The summed E-state index contributed by atoms with van der Waals surface area (Å²) >= 11 is 6.35. The van der Waals surface area contributed by atoms with Crippen LogP contribution in [0.5, 0.6) is 0 Å². The maximum atomic E-state index is 13.6. The second-order valence-corrected chi connectivity index (χ2v) is 7.46. The summed E-state index contributed by atoms with van der Waals surface area (Å²) in [6.45, 7) is 6.39. The molecule has 6 nitrogen and oxygen atoms in total. The summed E-state index contributed by atoms with van der Waals surface area (Å²) in [7, 11) is 0. The fourth-order valence-electron chi connectivity index (χ4n) is 4.02. The van der Waals surface area contributed by atoms with E-state index in [1.165, 1.54) is 0 Å². The highest BCUT2D eigenvalue weighted by Gasteiger charge is 2.37. The van der Waals surface area contributed by atoms with Crippen molar-refractivity contribution in [2.45, 2.75) is 46.1 Å². The van der Waals surface area contributed by atoms with Crippen molar-refractivity contribution in [3.05, 3.63) is 57.6 Å². The van der Waals surface area contributed by atoms with Gasteiger partial charge in [0.15, 0.2) is 0 Å². The van der Waals surface area contributed by atoms with Crippen LogP contribution in [-0.2, 0) is 6.42 Å². The van der Waals surface area contributed by atoms with Gasteiger partial charge in [0, 0.05) is 24.1 Å². The largest absolute Gasteiger partial charge is 0.361 e. The number of hydrogen-bond donors (Lipinski definition) is 0. The Morgan fingerprint density at radius 1 is 1.25 bits per heavy atom. The Balaban J connectivity index is 1.75. The molecular weight excluding hydrogens is 378 g/mol. The van der Waals surface area contributed by atoms with Gasteiger partial charge in [0.1, 0.15) is 22.8 Å². The van der Waals surface area contributed by atoms with Crippen LogP contribution in [0.3, 0.4) is 0 Å². The molecule has 1 aliphatic heterocycles. The van der Waals surface area contributed by atoms with Gasteiger partial charge in [0.05, 0.1) is 16.8 Å². The van der Waals surface area contributed by atoms with Gasteiger partial charge in [-0.2, -0.15) is 0 Å². The first-order chi connectivity index (χ1) is 13.5. The maximum Gasteiger partial charge on any atom is 0.260 e. The predicted octanol–water partition coefficient (Wildman–Crippen LogP) is 5.14. The normalized spacial score (nSPS) is 16.7. The van der Waals surface area contributed by atoms with Gasteiger partial charge < -0.3 is 13.9 Å². The lowest BCUT2D eigenvalue weighted by atomic mass is 10.00. The SMILES string of the molecule is CCc1onc(C)c1C1CCCN1C(=O)c1c(-c2ccccc2Cl)noc1C. The number of amides is 1. The van der Waals surface area contributed by atoms with Crippen molar-refractivity contribution in [2.75, 3.05) is 6.54 Å². The molecule has 0 radical (unpaired) electrons. The van der Waals surface area contributed by atoms with Gasteiger partial charge in [0.2, 0.25) is 0 Å². The number of aryl methyl sites for hydroxylation is 3. The van der Waals surface area contributed by atoms with Crippen molar-refractivity contribution in [3.63, 3.8) is 0 Å². The Labute approximate surface area is 168 Å². The summed E-state index contributed by atoms with van der Waals surface area (Å²) in [4.78, 5) is 15.5. The van der Waals surface area contributed by atoms with Crippen molar-refractivity contribution < 1.29 is 13.8 Å². The van der Waals surface area contributed by atoms with E-state index in [9.17, 15) is 4.79 Å². The number of benzene rings is 1. The summed E-state index contributed by atoms with van der Waals surface area (Å²) in [5.41, 5.74) is 3.51. The van der Waals surface area contributed by atoms with Crippen LogP contribution in [0.4, 0.5) is 0 Å². The molecule has 1 amide bonds. The van der Waals surface area contributed by atoms with Crippen molar-refractivity contribution >= 4 is 17.5 Å². The van der Waals surface area contributed by atoms with Crippen LogP contribution in [0.1, 0.15) is 58.9 Å². The van der Waals surface area contributed by atoms with Gasteiger partial charge in [-0.25, -0.2) is 0 Å². The lowest BCUT2D eigenvalue weighted by Gasteiger charge is -2.25. The molecule has 1 fully saturated rings. The molecule has 0 bridgehead atoms. The van der Waals surface area contributed by atoms with Crippen LogP contribution in [0, 0.1) is 13.8 Å².